The van der Waals surface area contributed by atoms with E-state index in [1.54, 1.807) is 0 Å². The van der Waals surface area contributed by atoms with Crippen LogP contribution in [-0.4, -0.2) is 15.9 Å². The maximum atomic E-state index is 5.91. The maximum Gasteiger partial charge on any atom is 0.144 e. The lowest BCUT2D eigenvalue weighted by Gasteiger charge is -2.14. The molecule has 0 aliphatic carbocycles. The molecule has 0 fully saturated rings. The number of aryl methyl sites for hydroxylation is 1. The minimum absolute atomic E-state index is 0.105. The van der Waals surface area contributed by atoms with E-state index in [0.29, 0.717) is 11.4 Å². The molecule has 3 N–H and O–H groups in total. The molecule has 0 bridgehead atoms. The third kappa shape index (κ3) is 3.23. The van der Waals surface area contributed by atoms with Crippen LogP contribution in [0.25, 0.3) is 0 Å². The van der Waals surface area contributed by atoms with Gasteiger partial charge in [0.2, 0.25) is 0 Å². The van der Waals surface area contributed by atoms with Crippen LogP contribution in [-0.2, 0) is 13.6 Å². The predicted octanol–water partition coefficient (Wildman–Crippen LogP) is 2.71. The van der Waals surface area contributed by atoms with Gasteiger partial charge in [-0.25, -0.2) is 0 Å². The first-order valence-corrected chi connectivity index (χ1v) is 6.75. The molecule has 1 aromatic carbocycles. The lowest BCUT2D eigenvalue weighted by atomic mass is 10.2. The van der Waals surface area contributed by atoms with Crippen LogP contribution in [0.5, 0.6) is 5.75 Å². The normalized spacial score (nSPS) is 10.8. The highest BCUT2D eigenvalue weighted by Gasteiger charge is 2.06. The minimum Gasteiger partial charge on any atom is -0.489 e. The van der Waals surface area contributed by atoms with Crippen LogP contribution in [0.1, 0.15) is 25.1 Å². The summed E-state index contributed by atoms with van der Waals surface area (Å²) in [6.07, 6.45) is 1.98. The highest BCUT2D eigenvalue weighted by atomic mass is 16.5. The number of hydrogen-bond donors (Lipinski definition) is 2. The van der Waals surface area contributed by atoms with Crippen molar-refractivity contribution in [3.8, 4) is 5.75 Å². The Morgan fingerprint density at radius 1 is 1.40 bits per heavy atom. The van der Waals surface area contributed by atoms with E-state index in [-0.39, 0.29) is 6.10 Å². The van der Waals surface area contributed by atoms with E-state index in [1.807, 2.05) is 50.0 Å². The van der Waals surface area contributed by atoms with Crippen molar-refractivity contribution >= 4 is 11.4 Å². The fourth-order valence-electron chi connectivity index (χ4n) is 1.92. The predicted molar refractivity (Wildman–Crippen MR) is 81.9 cm³/mol. The largest absolute Gasteiger partial charge is 0.489 e. The molecule has 5 heteroatoms. The van der Waals surface area contributed by atoms with Crippen LogP contribution >= 0.6 is 0 Å². The second kappa shape index (κ2) is 5.86. The quantitative estimate of drug-likeness (QED) is 0.823. The zero-order valence-electron chi connectivity index (χ0n) is 12.5. The Balaban J connectivity index is 2.08. The molecule has 108 valence electrons. The lowest BCUT2D eigenvalue weighted by Crippen LogP contribution is -2.08. The smallest absolute Gasteiger partial charge is 0.144 e. The van der Waals surface area contributed by atoms with E-state index in [9.17, 15) is 0 Å². The lowest BCUT2D eigenvalue weighted by molar-refractivity contribution is 0.244. The van der Waals surface area contributed by atoms with Crippen molar-refractivity contribution in [2.45, 2.75) is 33.4 Å². The second-order valence-electron chi connectivity index (χ2n) is 5.15. The number of ether oxygens (including phenoxy) is 1. The molecule has 0 saturated heterocycles. The van der Waals surface area contributed by atoms with Crippen molar-refractivity contribution in [3.63, 3.8) is 0 Å². The summed E-state index contributed by atoms with van der Waals surface area (Å²) in [5.41, 5.74) is 9.88. The average Bonchev–Trinajstić information content (AvgIpc) is 2.70. The summed E-state index contributed by atoms with van der Waals surface area (Å²) in [6, 6.07) is 5.74. The first-order chi connectivity index (χ1) is 9.47. The first kappa shape index (κ1) is 14.2. The molecule has 2 rings (SSSR count). The molecule has 0 aliphatic heterocycles. The Morgan fingerprint density at radius 2 is 2.15 bits per heavy atom. The summed E-state index contributed by atoms with van der Waals surface area (Å²) in [5, 5.41) is 7.60. The van der Waals surface area contributed by atoms with E-state index >= 15 is 0 Å². The van der Waals surface area contributed by atoms with Crippen molar-refractivity contribution in [1.82, 2.24) is 9.78 Å². The van der Waals surface area contributed by atoms with Gasteiger partial charge in [-0.15, -0.1) is 0 Å². The SMILES string of the molecule is Cc1c(CNc2ccc(N)c(OC(C)C)c2)cnn1C. The Morgan fingerprint density at radius 3 is 2.75 bits per heavy atom. The van der Waals surface area contributed by atoms with Gasteiger partial charge in [0.1, 0.15) is 5.75 Å². The molecular formula is C15H22N4O. The molecule has 0 radical (unpaired) electrons. The fraction of sp³-hybridized carbons (Fsp3) is 0.400. The number of hydrogen-bond acceptors (Lipinski definition) is 4. The van der Waals surface area contributed by atoms with Gasteiger partial charge in [-0.3, -0.25) is 4.68 Å². The molecule has 1 aromatic heterocycles. The van der Waals surface area contributed by atoms with Crippen molar-refractivity contribution in [1.29, 1.82) is 0 Å². The summed E-state index contributed by atoms with van der Waals surface area (Å²) >= 11 is 0. The first-order valence-electron chi connectivity index (χ1n) is 6.75. The van der Waals surface area contributed by atoms with Gasteiger partial charge in [-0.1, -0.05) is 0 Å². The van der Waals surface area contributed by atoms with Gasteiger partial charge in [0, 0.05) is 36.6 Å². The molecule has 20 heavy (non-hydrogen) atoms. The minimum atomic E-state index is 0.105. The van der Waals surface area contributed by atoms with Crippen LogP contribution in [0.15, 0.2) is 24.4 Å². The third-order valence-corrected chi connectivity index (χ3v) is 3.20. The standard InChI is InChI=1S/C15H22N4O/c1-10(2)20-15-7-13(5-6-14(15)16)17-8-12-9-18-19(4)11(12)3/h5-7,9-10,17H,8,16H2,1-4H3. The van der Waals surface area contributed by atoms with Gasteiger partial charge in [0.15, 0.2) is 0 Å². The second-order valence-corrected chi connectivity index (χ2v) is 5.15. The Bertz CT molecular complexity index is 590. The number of nitrogen functional groups attached to an aromatic ring is 1. The molecule has 2 aromatic rings. The molecule has 0 unspecified atom stereocenters. The molecule has 1 heterocycles. The van der Waals surface area contributed by atoms with Crippen molar-refractivity contribution in [2.24, 2.45) is 7.05 Å². The van der Waals surface area contributed by atoms with Crippen LogP contribution < -0.4 is 15.8 Å². The zero-order chi connectivity index (χ0) is 14.7. The van der Waals surface area contributed by atoms with Crippen LogP contribution in [0.4, 0.5) is 11.4 Å². The van der Waals surface area contributed by atoms with E-state index in [0.717, 1.165) is 17.9 Å². The summed E-state index contributed by atoms with van der Waals surface area (Å²) in [7, 11) is 1.94. The number of nitrogens with one attached hydrogen (secondary N) is 1. The van der Waals surface area contributed by atoms with Gasteiger partial charge < -0.3 is 15.8 Å². The number of aromatic nitrogens is 2. The zero-order valence-corrected chi connectivity index (χ0v) is 12.5. The number of anilines is 2. The van der Waals surface area contributed by atoms with Crippen molar-refractivity contribution in [2.75, 3.05) is 11.1 Å². The molecule has 5 nitrogen and oxygen atoms in total. The van der Waals surface area contributed by atoms with E-state index in [4.69, 9.17) is 10.5 Å². The van der Waals surface area contributed by atoms with Crippen LogP contribution in [0, 0.1) is 6.92 Å². The van der Waals surface area contributed by atoms with E-state index in [2.05, 4.69) is 17.3 Å². The molecule has 0 aliphatic rings. The van der Waals surface area contributed by atoms with Crippen molar-refractivity contribution < 1.29 is 4.74 Å². The maximum absolute atomic E-state index is 5.91. The number of rotatable bonds is 5. The molecule has 0 spiro atoms. The summed E-state index contributed by atoms with van der Waals surface area (Å²) in [6.45, 7) is 6.75. The molecule has 0 amide bonds. The molecule has 0 saturated carbocycles. The van der Waals surface area contributed by atoms with Crippen LogP contribution in [0.3, 0.4) is 0 Å². The van der Waals surface area contributed by atoms with Gasteiger partial charge in [0.25, 0.3) is 0 Å². The van der Waals surface area contributed by atoms with Crippen molar-refractivity contribution in [3.05, 3.63) is 35.7 Å². The Kier molecular flexibility index (Phi) is 4.17. The third-order valence-electron chi connectivity index (χ3n) is 3.20. The molecule has 0 atom stereocenters. The van der Waals surface area contributed by atoms with Gasteiger partial charge >= 0.3 is 0 Å². The fourth-order valence-corrected chi connectivity index (χ4v) is 1.92. The van der Waals surface area contributed by atoms with Crippen LogP contribution in [0.2, 0.25) is 0 Å². The van der Waals surface area contributed by atoms with Gasteiger partial charge in [0.05, 0.1) is 18.0 Å². The number of benzene rings is 1. The number of nitrogens with zero attached hydrogens (tertiary/aromatic N) is 2. The number of nitrogens with two attached hydrogens (primary N) is 1. The highest BCUT2D eigenvalue weighted by Crippen LogP contribution is 2.26. The van der Waals surface area contributed by atoms with Gasteiger partial charge in [-0.05, 0) is 32.9 Å². The Labute approximate surface area is 119 Å². The summed E-state index contributed by atoms with van der Waals surface area (Å²) in [4.78, 5) is 0. The average molecular weight is 274 g/mol. The van der Waals surface area contributed by atoms with E-state index in [1.165, 1.54) is 5.56 Å². The highest BCUT2D eigenvalue weighted by molar-refractivity contribution is 5.61. The topological polar surface area (TPSA) is 65.1 Å². The molecular weight excluding hydrogens is 252 g/mol. The summed E-state index contributed by atoms with van der Waals surface area (Å²) in [5.74, 6) is 0.716. The Hall–Kier alpha value is -2.17. The monoisotopic (exact) mass is 274 g/mol. The van der Waals surface area contributed by atoms with Gasteiger partial charge in [-0.2, -0.15) is 5.10 Å². The summed E-state index contributed by atoms with van der Waals surface area (Å²) < 4.78 is 7.55. The van der Waals surface area contributed by atoms with E-state index < -0.39 is 0 Å².